The van der Waals surface area contributed by atoms with E-state index >= 15 is 0 Å². The number of nitro benzene ring substituents is 1. The first-order valence-corrected chi connectivity index (χ1v) is 10.5. The average molecular weight is 443 g/mol. The lowest BCUT2D eigenvalue weighted by molar-refractivity contribution is -0.384. The summed E-state index contributed by atoms with van der Waals surface area (Å²) in [5.74, 6) is -0.389. The van der Waals surface area contributed by atoms with E-state index in [4.69, 9.17) is 8.92 Å². The third-order valence-electron chi connectivity index (χ3n) is 4.38. The second-order valence-corrected chi connectivity index (χ2v) is 7.98. The summed E-state index contributed by atoms with van der Waals surface area (Å²) in [7, 11) is -4.19. The third kappa shape index (κ3) is 5.44. The van der Waals surface area contributed by atoms with Crippen LogP contribution in [0.2, 0.25) is 0 Å². The monoisotopic (exact) mass is 443 g/mol. The van der Waals surface area contributed by atoms with Gasteiger partial charge >= 0.3 is 10.1 Å². The minimum Gasteiger partial charge on any atom is -0.379 e. The summed E-state index contributed by atoms with van der Waals surface area (Å²) in [5.41, 5.74) is 0.224. The molecule has 0 radical (unpaired) electrons. The molecule has 0 aliphatic carbocycles. The van der Waals surface area contributed by atoms with Crippen molar-refractivity contribution in [2.75, 3.05) is 26.3 Å². The van der Waals surface area contributed by atoms with E-state index in [0.717, 1.165) is 24.3 Å². The smallest absolute Gasteiger partial charge is 0.339 e. The number of benzene rings is 2. The highest BCUT2D eigenvalue weighted by Crippen LogP contribution is 2.22. The van der Waals surface area contributed by atoms with Crippen LogP contribution in [-0.2, 0) is 19.6 Å². The average Bonchev–Trinajstić information content (AvgIpc) is 2.78. The van der Waals surface area contributed by atoms with E-state index in [1.807, 2.05) is 6.07 Å². The van der Waals surface area contributed by atoms with Crippen LogP contribution in [0.25, 0.3) is 6.08 Å². The molecule has 0 saturated carbocycles. The molecule has 2 aromatic rings. The Kier molecular flexibility index (Phi) is 6.64. The molecule has 0 spiro atoms. The van der Waals surface area contributed by atoms with Crippen molar-refractivity contribution in [1.29, 1.82) is 5.26 Å². The van der Waals surface area contributed by atoms with Crippen molar-refractivity contribution >= 4 is 27.8 Å². The van der Waals surface area contributed by atoms with E-state index in [1.165, 1.54) is 35.2 Å². The normalized spacial score (nSPS) is 14.5. The number of carbonyl (C=O) groups excluding carboxylic acids is 1. The van der Waals surface area contributed by atoms with Gasteiger partial charge in [-0.2, -0.15) is 13.7 Å². The van der Waals surface area contributed by atoms with Gasteiger partial charge in [0, 0.05) is 25.2 Å². The highest BCUT2D eigenvalue weighted by atomic mass is 32.2. The van der Waals surface area contributed by atoms with Crippen LogP contribution in [0.5, 0.6) is 5.75 Å². The van der Waals surface area contributed by atoms with Crippen molar-refractivity contribution in [3.8, 4) is 11.8 Å². The molecule has 1 amide bonds. The van der Waals surface area contributed by atoms with Crippen LogP contribution < -0.4 is 4.18 Å². The van der Waals surface area contributed by atoms with E-state index in [2.05, 4.69) is 0 Å². The Morgan fingerprint density at radius 1 is 1.13 bits per heavy atom. The molecule has 1 fully saturated rings. The fourth-order valence-corrected chi connectivity index (χ4v) is 3.70. The Balaban J connectivity index is 1.73. The van der Waals surface area contributed by atoms with Crippen LogP contribution in [0.3, 0.4) is 0 Å². The molecule has 1 saturated heterocycles. The van der Waals surface area contributed by atoms with Crippen molar-refractivity contribution in [2.45, 2.75) is 4.90 Å². The zero-order chi connectivity index (χ0) is 22.4. The lowest BCUT2D eigenvalue weighted by Crippen LogP contribution is -2.41. The molecule has 160 valence electrons. The molecular weight excluding hydrogens is 426 g/mol. The molecule has 3 rings (SSSR count). The van der Waals surface area contributed by atoms with Gasteiger partial charge in [-0.15, -0.1) is 0 Å². The number of non-ortho nitro benzene ring substituents is 1. The molecule has 1 heterocycles. The Labute approximate surface area is 178 Å². The first-order chi connectivity index (χ1) is 14.8. The van der Waals surface area contributed by atoms with E-state index in [-0.39, 0.29) is 21.9 Å². The molecule has 1 aliphatic rings. The summed E-state index contributed by atoms with van der Waals surface area (Å²) < 4.78 is 34.9. The van der Waals surface area contributed by atoms with Gasteiger partial charge in [0.15, 0.2) is 0 Å². The van der Waals surface area contributed by atoms with E-state index in [1.54, 1.807) is 0 Å². The van der Waals surface area contributed by atoms with Crippen LogP contribution in [0.15, 0.2) is 59.0 Å². The molecular formula is C20H17N3O7S. The van der Waals surface area contributed by atoms with Gasteiger partial charge in [-0.05, 0) is 35.9 Å². The SMILES string of the molecule is N#C/C(=C\c1ccc(OS(=O)(=O)c2ccc([N+](=O)[O-])cc2)cc1)C(=O)N1CCOCC1. The molecule has 10 nitrogen and oxygen atoms in total. The molecule has 0 bridgehead atoms. The summed E-state index contributed by atoms with van der Waals surface area (Å²) in [6.45, 7) is 1.65. The Morgan fingerprint density at radius 2 is 1.74 bits per heavy atom. The number of hydrogen-bond donors (Lipinski definition) is 0. The first kappa shape index (κ1) is 21.9. The Morgan fingerprint density at radius 3 is 2.29 bits per heavy atom. The number of carbonyl (C=O) groups is 1. The molecule has 2 aromatic carbocycles. The van der Waals surface area contributed by atoms with Gasteiger partial charge in [-0.25, -0.2) is 0 Å². The molecule has 0 N–H and O–H groups in total. The Hall–Kier alpha value is -3.75. The minimum absolute atomic E-state index is 0.00789. The minimum atomic E-state index is -4.19. The maximum absolute atomic E-state index is 12.4. The largest absolute Gasteiger partial charge is 0.379 e. The third-order valence-corrected chi connectivity index (χ3v) is 5.64. The number of hydrogen-bond acceptors (Lipinski definition) is 8. The predicted molar refractivity (Wildman–Crippen MR) is 108 cm³/mol. The lowest BCUT2D eigenvalue weighted by Gasteiger charge is -2.26. The van der Waals surface area contributed by atoms with Gasteiger partial charge in [0.2, 0.25) is 0 Å². The number of amides is 1. The summed E-state index contributed by atoms with van der Waals surface area (Å²) in [6, 6.07) is 12.0. The topological polar surface area (TPSA) is 140 Å². The van der Waals surface area contributed by atoms with Crippen molar-refractivity contribution in [3.05, 3.63) is 69.8 Å². The first-order valence-electron chi connectivity index (χ1n) is 9.08. The van der Waals surface area contributed by atoms with Crippen molar-refractivity contribution < 1.29 is 27.1 Å². The van der Waals surface area contributed by atoms with Gasteiger partial charge < -0.3 is 13.8 Å². The number of rotatable bonds is 6. The summed E-state index contributed by atoms with van der Waals surface area (Å²) in [5, 5.41) is 20.0. The number of nitriles is 1. The van der Waals surface area contributed by atoms with Crippen LogP contribution in [-0.4, -0.2) is 50.5 Å². The molecule has 1 aliphatic heterocycles. The van der Waals surface area contributed by atoms with Crippen LogP contribution in [0.4, 0.5) is 5.69 Å². The lowest BCUT2D eigenvalue weighted by atomic mass is 10.1. The molecule has 31 heavy (non-hydrogen) atoms. The maximum atomic E-state index is 12.4. The fourth-order valence-electron chi connectivity index (χ4n) is 2.77. The van der Waals surface area contributed by atoms with E-state index in [0.29, 0.717) is 31.9 Å². The van der Waals surface area contributed by atoms with Gasteiger partial charge in [0.25, 0.3) is 11.6 Å². The molecule has 0 atom stereocenters. The van der Waals surface area contributed by atoms with Gasteiger partial charge in [-0.3, -0.25) is 14.9 Å². The maximum Gasteiger partial charge on any atom is 0.339 e. The summed E-state index contributed by atoms with van der Waals surface area (Å²) in [6.07, 6.45) is 1.41. The highest BCUT2D eigenvalue weighted by Gasteiger charge is 2.21. The van der Waals surface area contributed by atoms with Crippen molar-refractivity contribution in [2.24, 2.45) is 0 Å². The summed E-state index contributed by atoms with van der Waals surface area (Å²) in [4.78, 5) is 23.8. The fraction of sp³-hybridized carbons (Fsp3) is 0.200. The van der Waals surface area contributed by atoms with Crippen LogP contribution in [0.1, 0.15) is 5.56 Å². The molecule has 0 aromatic heterocycles. The molecule has 11 heteroatoms. The number of nitrogens with zero attached hydrogens (tertiary/aromatic N) is 3. The van der Waals surface area contributed by atoms with E-state index in [9.17, 15) is 28.6 Å². The standard InChI is InChI=1S/C20H17N3O7S/c21-14-16(20(24)22-9-11-29-12-10-22)13-15-1-5-18(6-2-15)30-31(27,28)19-7-3-17(4-8-19)23(25)26/h1-8,13H,9-12H2/b16-13+. The zero-order valence-corrected chi connectivity index (χ0v) is 16.9. The van der Waals surface area contributed by atoms with E-state index < -0.39 is 20.9 Å². The summed E-state index contributed by atoms with van der Waals surface area (Å²) >= 11 is 0. The number of nitro groups is 1. The van der Waals surface area contributed by atoms with Crippen molar-refractivity contribution in [1.82, 2.24) is 4.90 Å². The number of morpholine rings is 1. The Bertz CT molecular complexity index is 1140. The number of ether oxygens (including phenoxy) is 1. The van der Waals surface area contributed by atoms with Gasteiger partial charge in [0.05, 0.1) is 18.1 Å². The van der Waals surface area contributed by atoms with Crippen LogP contribution >= 0.6 is 0 Å². The second-order valence-electron chi connectivity index (χ2n) is 6.43. The van der Waals surface area contributed by atoms with Gasteiger partial charge in [0.1, 0.15) is 22.3 Å². The zero-order valence-electron chi connectivity index (χ0n) is 16.1. The quantitative estimate of drug-likeness (QED) is 0.217. The molecule has 0 unspecified atom stereocenters. The highest BCUT2D eigenvalue weighted by molar-refractivity contribution is 7.87. The second kappa shape index (κ2) is 9.38. The predicted octanol–water partition coefficient (Wildman–Crippen LogP) is 2.13. The van der Waals surface area contributed by atoms with Crippen LogP contribution in [0, 0.1) is 21.4 Å². The van der Waals surface area contributed by atoms with Crippen molar-refractivity contribution in [3.63, 3.8) is 0 Å². The van der Waals surface area contributed by atoms with Gasteiger partial charge in [-0.1, -0.05) is 12.1 Å².